The molecule has 1 heterocycles. The number of nitrogens with one attached hydrogen (secondary N) is 1. The highest BCUT2D eigenvalue weighted by atomic mass is 14.9. The van der Waals surface area contributed by atoms with Crippen molar-refractivity contribution >= 4 is 0 Å². The number of hydrogen-bond acceptors (Lipinski definition) is 3. The lowest BCUT2D eigenvalue weighted by Gasteiger charge is -2.25. The van der Waals surface area contributed by atoms with Crippen LogP contribution in [0.3, 0.4) is 0 Å². The Labute approximate surface area is 110 Å². The van der Waals surface area contributed by atoms with E-state index in [0.29, 0.717) is 5.92 Å². The zero-order valence-electron chi connectivity index (χ0n) is 11.9. The maximum absolute atomic E-state index is 4.72. The summed E-state index contributed by atoms with van der Waals surface area (Å²) >= 11 is 0. The number of aryl methyl sites for hydroxylation is 1. The summed E-state index contributed by atoms with van der Waals surface area (Å²) in [7, 11) is 0. The Kier molecular flexibility index (Phi) is 4.70. The molecule has 2 rings (SSSR count). The molecule has 0 atom stereocenters. The van der Waals surface area contributed by atoms with Crippen LogP contribution in [0.25, 0.3) is 0 Å². The molecule has 1 aromatic heterocycles. The SMILES string of the molecule is CCNCc1cnc(C2CCC(C)CC2)nc1C. The molecule has 1 saturated carbocycles. The van der Waals surface area contributed by atoms with E-state index in [4.69, 9.17) is 4.98 Å². The molecule has 0 aliphatic heterocycles. The molecule has 1 aliphatic carbocycles. The van der Waals surface area contributed by atoms with Gasteiger partial charge >= 0.3 is 0 Å². The van der Waals surface area contributed by atoms with E-state index in [9.17, 15) is 0 Å². The number of aromatic nitrogens is 2. The van der Waals surface area contributed by atoms with Gasteiger partial charge in [-0.2, -0.15) is 0 Å². The van der Waals surface area contributed by atoms with Crippen LogP contribution in [0, 0.1) is 12.8 Å². The molecule has 1 aliphatic rings. The summed E-state index contributed by atoms with van der Waals surface area (Å²) in [4.78, 5) is 9.31. The summed E-state index contributed by atoms with van der Waals surface area (Å²) in [5.74, 6) is 2.54. The van der Waals surface area contributed by atoms with Gasteiger partial charge in [-0.05, 0) is 32.2 Å². The molecule has 0 amide bonds. The molecule has 1 N–H and O–H groups in total. The van der Waals surface area contributed by atoms with Crippen LogP contribution in [0.15, 0.2) is 6.20 Å². The van der Waals surface area contributed by atoms with E-state index in [-0.39, 0.29) is 0 Å². The van der Waals surface area contributed by atoms with Crippen molar-refractivity contribution in [3.05, 3.63) is 23.3 Å². The van der Waals surface area contributed by atoms with Gasteiger partial charge in [-0.25, -0.2) is 9.97 Å². The predicted octanol–water partition coefficient (Wildman–Crippen LogP) is 3.19. The second-order valence-electron chi connectivity index (χ2n) is 5.58. The first-order valence-electron chi connectivity index (χ1n) is 7.23. The molecule has 0 spiro atoms. The Balaban J connectivity index is 2.04. The molecule has 3 heteroatoms. The fourth-order valence-electron chi connectivity index (χ4n) is 2.66. The monoisotopic (exact) mass is 247 g/mol. The summed E-state index contributed by atoms with van der Waals surface area (Å²) in [6, 6.07) is 0. The first-order valence-corrected chi connectivity index (χ1v) is 7.23. The van der Waals surface area contributed by atoms with Crippen molar-refractivity contribution in [2.24, 2.45) is 5.92 Å². The van der Waals surface area contributed by atoms with Gasteiger partial charge < -0.3 is 5.32 Å². The van der Waals surface area contributed by atoms with Crippen molar-refractivity contribution in [1.82, 2.24) is 15.3 Å². The van der Waals surface area contributed by atoms with Crippen LogP contribution in [0.5, 0.6) is 0 Å². The Morgan fingerprint density at radius 2 is 2.00 bits per heavy atom. The lowest BCUT2D eigenvalue weighted by atomic mass is 9.82. The molecule has 0 unspecified atom stereocenters. The van der Waals surface area contributed by atoms with Gasteiger partial charge in [0.1, 0.15) is 5.82 Å². The molecular formula is C15H25N3. The fraction of sp³-hybridized carbons (Fsp3) is 0.733. The number of rotatable bonds is 4. The molecule has 0 radical (unpaired) electrons. The molecule has 18 heavy (non-hydrogen) atoms. The van der Waals surface area contributed by atoms with Crippen LogP contribution in [0.2, 0.25) is 0 Å². The van der Waals surface area contributed by atoms with E-state index in [1.807, 2.05) is 6.20 Å². The maximum atomic E-state index is 4.72. The lowest BCUT2D eigenvalue weighted by Crippen LogP contribution is -2.17. The van der Waals surface area contributed by atoms with Crippen LogP contribution >= 0.6 is 0 Å². The van der Waals surface area contributed by atoms with Crippen molar-refractivity contribution < 1.29 is 0 Å². The first kappa shape index (κ1) is 13.5. The van der Waals surface area contributed by atoms with Gasteiger partial charge in [0.05, 0.1) is 0 Å². The second kappa shape index (κ2) is 6.28. The number of hydrogen-bond donors (Lipinski definition) is 1. The Morgan fingerprint density at radius 1 is 1.28 bits per heavy atom. The zero-order chi connectivity index (χ0) is 13.0. The highest BCUT2D eigenvalue weighted by molar-refractivity contribution is 5.17. The minimum atomic E-state index is 0.591. The smallest absolute Gasteiger partial charge is 0.131 e. The summed E-state index contributed by atoms with van der Waals surface area (Å²) in [6.45, 7) is 8.44. The molecular weight excluding hydrogens is 222 g/mol. The van der Waals surface area contributed by atoms with E-state index in [0.717, 1.165) is 30.5 Å². The Bertz CT molecular complexity index is 381. The van der Waals surface area contributed by atoms with Crippen molar-refractivity contribution in [2.75, 3.05) is 6.54 Å². The van der Waals surface area contributed by atoms with Gasteiger partial charge in [0.25, 0.3) is 0 Å². The van der Waals surface area contributed by atoms with Crippen molar-refractivity contribution in [1.29, 1.82) is 0 Å². The van der Waals surface area contributed by atoms with E-state index in [1.165, 1.54) is 31.2 Å². The van der Waals surface area contributed by atoms with Gasteiger partial charge in [-0.15, -0.1) is 0 Å². The second-order valence-corrected chi connectivity index (χ2v) is 5.58. The van der Waals surface area contributed by atoms with E-state index in [1.54, 1.807) is 0 Å². The molecule has 100 valence electrons. The van der Waals surface area contributed by atoms with Crippen molar-refractivity contribution in [2.45, 2.75) is 58.9 Å². The predicted molar refractivity (Wildman–Crippen MR) is 74.5 cm³/mol. The summed E-state index contributed by atoms with van der Waals surface area (Å²) in [5.41, 5.74) is 2.37. The van der Waals surface area contributed by atoms with Crippen LogP contribution in [0.1, 0.15) is 62.5 Å². The van der Waals surface area contributed by atoms with Crippen molar-refractivity contribution in [3.63, 3.8) is 0 Å². The molecule has 3 nitrogen and oxygen atoms in total. The highest BCUT2D eigenvalue weighted by Crippen LogP contribution is 2.33. The van der Waals surface area contributed by atoms with Crippen LogP contribution in [-0.4, -0.2) is 16.5 Å². The van der Waals surface area contributed by atoms with E-state index in [2.05, 4.69) is 31.1 Å². The van der Waals surface area contributed by atoms with Crippen molar-refractivity contribution in [3.8, 4) is 0 Å². The standard InChI is InChI=1S/C15H25N3/c1-4-16-9-14-10-17-15(18-12(14)3)13-7-5-11(2)6-8-13/h10-11,13,16H,4-9H2,1-3H3. The minimum absolute atomic E-state index is 0.591. The largest absolute Gasteiger partial charge is 0.313 e. The van der Waals surface area contributed by atoms with Gasteiger partial charge in [-0.1, -0.05) is 26.7 Å². The molecule has 0 bridgehead atoms. The molecule has 1 fully saturated rings. The molecule has 0 saturated heterocycles. The van der Waals surface area contributed by atoms with Crippen LogP contribution in [-0.2, 0) is 6.54 Å². The summed E-state index contributed by atoms with van der Waals surface area (Å²) in [6.07, 6.45) is 7.18. The average molecular weight is 247 g/mol. The van der Waals surface area contributed by atoms with E-state index >= 15 is 0 Å². The maximum Gasteiger partial charge on any atom is 0.131 e. The average Bonchev–Trinajstić information content (AvgIpc) is 2.38. The van der Waals surface area contributed by atoms with Gasteiger partial charge in [-0.3, -0.25) is 0 Å². The first-order chi connectivity index (χ1) is 8.70. The fourth-order valence-corrected chi connectivity index (χ4v) is 2.66. The van der Waals surface area contributed by atoms with Crippen LogP contribution in [0.4, 0.5) is 0 Å². The Hall–Kier alpha value is -0.960. The minimum Gasteiger partial charge on any atom is -0.313 e. The third kappa shape index (κ3) is 3.29. The van der Waals surface area contributed by atoms with Gasteiger partial charge in [0.15, 0.2) is 0 Å². The van der Waals surface area contributed by atoms with E-state index < -0.39 is 0 Å². The summed E-state index contributed by atoms with van der Waals surface area (Å²) < 4.78 is 0. The number of nitrogens with zero attached hydrogens (tertiary/aromatic N) is 2. The Morgan fingerprint density at radius 3 is 2.61 bits per heavy atom. The quantitative estimate of drug-likeness (QED) is 0.888. The topological polar surface area (TPSA) is 37.8 Å². The van der Waals surface area contributed by atoms with Crippen LogP contribution < -0.4 is 5.32 Å². The summed E-state index contributed by atoms with van der Waals surface area (Å²) in [5, 5.41) is 3.33. The highest BCUT2D eigenvalue weighted by Gasteiger charge is 2.22. The van der Waals surface area contributed by atoms with Gasteiger partial charge in [0.2, 0.25) is 0 Å². The lowest BCUT2D eigenvalue weighted by molar-refractivity contribution is 0.339. The normalized spacial score (nSPS) is 24.2. The zero-order valence-corrected chi connectivity index (χ0v) is 11.9. The molecule has 0 aromatic carbocycles. The molecule has 1 aromatic rings. The third-order valence-electron chi connectivity index (χ3n) is 4.05. The third-order valence-corrected chi connectivity index (χ3v) is 4.05. The van der Waals surface area contributed by atoms with Gasteiger partial charge in [0, 0.05) is 29.9 Å².